The Balaban J connectivity index is 2.15. The number of hydrogen-bond donors (Lipinski definition) is 1. The van der Waals surface area contributed by atoms with E-state index in [1.165, 1.54) is 4.90 Å². The number of hydrogen-bond acceptors (Lipinski definition) is 2. The molecule has 3 nitrogen and oxygen atoms in total. The van der Waals surface area contributed by atoms with Gasteiger partial charge < -0.3 is 10.2 Å². The molecule has 1 aromatic rings. The smallest absolute Gasteiger partial charge is 0.227 e. The summed E-state index contributed by atoms with van der Waals surface area (Å²) >= 11 is 0. The van der Waals surface area contributed by atoms with E-state index < -0.39 is 17.7 Å². The van der Waals surface area contributed by atoms with Gasteiger partial charge in [-0.15, -0.1) is 0 Å². The molecule has 0 unspecified atom stereocenters. The molecule has 0 radical (unpaired) electrons. The Morgan fingerprint density at radius 3 is 2.84 bits per heavy atom. The van der Waals surface area contributed by atoms with Crippen LogP contribution in [0.2, 0.25) is 0 Å². The Labute approximate surface area is 111 Å². The van der Waals surface area contributed by atoms with Gasteiger partial charge in [-0.1, -0.05) is 0 Å². The molecule has 0 spiro atoms. The first kappa shape index (κ1) is 13.9. The summed E-state index contributed by atoms with van der Waals surface area (Å²) in [5.74, 6) is -1.07. The monoisotopic (exact) mass is 268 g/mol. The molecule has 1 heterocycles. The van der Waals surface area contributed by atoms with E-state index in [0.717, 1.165) is 31.2 Å². The molecular weight excluding hydrogens is 250 g/mol. The molecule has 2 atom stereocenters. The van der Waals surface area contributed by atoms with Gasteiger partial charge in [0.05, 0.1) is 12.0 Å². The number of nitrogens with one attached hydrogen (secondary N) is 1. The van der Waals surface area contributed by atoms with Crippen LogP contribution in [0.3, 0.4) is 0 Å². The van der Waals surface area contributed by atoms with Crippen LogP contribution in [-0.2, 0) is 4.79 Å². The summed E-state index contributed by atoms with van der Waals surface area (Å²) in [7, 11) is 1.63. The van der Waals surface area contributed by atoms with Crippen LogP contribution in [0, 0.1) is 17.6 Å². The first-order valence-corrected chi connectivity index (χ1v) is 6.43. The third-order valence-electron chi connectivity index (χ3n) is 3.75. The molecule has 1 fully saturated rings. The SMILES string of the molecule is C[C@H](c1cc(F)ccc1F)N(C)C(=O)[C@@H]1CCNC1. The lowest BCUT2D eigenvalue weighted by atomic mass is 10.0. The van der Waals surface area contributed by atoms with Crippen molar-refractivity contribution >= 4 is 5.91 Å². The minimum absolute atomic E-state index is 0.0267. The van der Waals surface area contributed by atoms with Crippen LogP contribution in [0.5, 0.6) is 0 Å². The lowest BCUT2D eigenvalue weighted by Crippen LogP contribution is -2.36. The summed E-state index contributed by atoms with van der Waals surface area (Å²) in [5, 5.41) is 3.13. The number of nitrogens with zero attached hydrogens (tertiary/aromatic N) is 1. The number of amides is 1. The van der Waals surface area contributed by atoms with Crippen LogP contribution < -0.4 is 5.32 Å². The van der Waals surface area contributed by atoms with E-state index in [-0.39, 0.29) is 17.4 Å². The molecular formula is C14H18F2N2O. The minimum atomic E-state index is -0.494. The molecule has 0 aromatic heterocycles. The Bertz CT molecular complexity index is 473. The average molecular weight is 268 g/mol. The summed E-state index contributed by atoms with van der Waals surface area (Å²) in [6, 6.07) is 2.84. The second-order valence-electron chi connectivity index (χ2n) is 4.98. The number of carbonyl (C=O) groups excluding carboxylic acids is 1. The first-order valence-electron chi connectivity index (χ1n) is 6.43. The fourth-order valence-corrected chi connectivity index (χ4v) is 2.39. The van der Waals surface area contributed by atoms with E-state index in [1.807, 2.05) is 0 Å². The molecule has 104 valence electrons. The van der Waals surface area contributed by atoms with Gasteiger partial charge in [0.25, 0.3) is 0 Å². The van der Waals surface area contributed by atoms with Crippen molar-refractivity contribution in [3.05, 3.63) is 35.4 Å². The number of rotatable bonds is 3. The summed E-state index contributed by atoms with van der Waals surface area (Å²) < 4.78 is 26.9. The Kier molecular flexibility index (Phi) is 4.14. The van der Waals surface area contributed by atoms with Gasteiger partial charge in [-0.25, -0.2) is 8.78 Å². The summed E-state index contributed by atoms with van der Waals surface area (Å²) in [6.45, 7) is 3.19. The van der Waals surface area contributed by atoms with Crippen molar-refractivity contribution in [3.8, 4) is 0 Å². The fraction of sp³-hybridized carbons (Fsp3) is 0.500. The van der Waals surface area contributed by atoms with Gasteiger partial charge in [-0.3, -0.25) is 4.79 Å². The zero-order valence-corrected chi connectivity index (χ0v) is 11.1. The lowest BCUT2D eigenvalue weighted by molar-refractivity contribution is -0.135. The molecule has 19 heavy (non-hydrogen) atoms. The molecule has 1 amide bonds. The molecule has 0 saturated carbocycles. The van der Waals surface area contributed by atoms with Crippen molar-refractivity contribution in [2.45, 2.75) is 19.4 Å². The topological polar surface area (TPSA) is 32.3 Å². The molecule has 1 aliphatic heterocycles. The van der Waals surface area contributed by atoms with Gasteiger partial charge in [-0.2, -0.15) is 0 Å². The van der Waals surface area contributed by atoms with Crippen LogP contribution in [0.1, 0.15) is 24.9 Å². The highest BCUT2D eigenvalue weighted by Crippen LogP contribution is 2.25. The zero-order chi connectivity index (χ0) is 14.0. The van der Waals surface area contributed by atoms with Gasteiger partial charge in [0.15, 0.2) is 0 Å². The molecule has 1 aliphatic rings. The van der Waals surface area contributed by atoms with Crippen LogP contribution in [0.4, 0.5) is 8.78 Å². The average Bonchev–Trinajstić information content (AvgIpc) is 2.93. The zero-order valence-electron chi connectivity index (χ0n) is 11.1. The van der Waals surface area contributed by atoms with Gasteiger partial charge >= 0.3 is 0 Å². The Hall–Kier alpha value is -1.49. The van der Waals surface area contributed by atoms with Gasteiger partial charge in [-0.05, 0) is 38.1 Å². The van der Waals surface area contributed by atoms with Crippen LogP contribution in [0.15, 0.2) is 18.2 Å². The highest BCUT2D eigenvalue weighted by Gasteiger charge is 2.29. The highest BCUT2D eigenvalue weighted by atomic mass is 19.1. The van der Waals surface area contributed by atoms with E-state index in [0.29, 0.717) is 6.54 Å². The van der Waals surface area contributed by atoms with E-state index in [4.69, 9.17) is 0 Å². The van der Waals surface area contributed by atoms with Crippen molar-refractivity contribution in [3.63, 3.8) is 0 Å². The predicted molar refractivity (Wildman–Crippen MR) is 68.5 cm³/mol. The third kappa shape index (κ3) is 2.92. The second-order valence-corrected chi connectivity index (χ2v) is 4.98. The fourth-order valence-electron chi connectivity index (χ4n) is 2.39. The summed E-state index contributed by atoms with van der Waals surface area (Å²) in [4.78, 5) is 13.7. The standard InChI is InChI=1S/C14H18F2N2O/c1-9(12-7-11(15)3-4-13(12)16)18(2)14(19)10-5-6-17-8-10/h3-4,7,9-10,17H,5-6,8H2,1-2H3/t9-,10-/m1/s1. The maximum atomic E-state index is 13.7. The van der Waals surface area contributed by atoms with E-state index in [2.05, 4.69) is 5.32 Å². The maximum absolute atomic E-state index is 13.7. The maximum Gasteiger partial charge on any atom is 0.227 e. The quantitative estimate of drug-likeness (QED) is 0.910. The van der Waals surface area contributed by atoms with Crippen molar-refractivity contribution < 1.29 is 13.6 Å². The Morgan fingerprint density at radius 2 is 2.21 bits per heavy atom. The predicted octanol–water partition coefficient (Wildman–Crippen LogP) is 2.09. The largest absolute Gasteiger partial charge is 0.339 e. The molecule has 5 heteroatoms. The van der Waals surface area contributed by atoms with Crippen molar-refractivity contribution in [1.29, 1.82) is 0 Å². The van der Waals surface area contributed by atoms with Crippen LogP contribution >= 0.6 is 0 Å². The lowest BCUT2D eigenvalue weighted by Gasteiger charge is -2.28. The van der Waals surface area contributed by atoms with Crippen molar-refractivity contribution in [2.75, 3.05) is 20.1 Å². The first-order chi connectivity index (χ1) is 9.00. The summed E-state index contributed by atoms with van der Waals surface area (Å²) in [5.41, 5.74) is 0.210. The van der Waals surface area contributed by atoms with E-state index >= 15 is 0 Å². The molecule has 0 aliphatic carbocycles. The summed E-state index contributed by atoms with van der Waals surface area (Å²) in [6.07, 6.45) is 0.793. The molecule has 2 rings (SSSR count). The van der Waals surface area contributed by atoms with Crippen LogP contribution in [-0.4, -0.2) is 30.9 Å². The van der Waals surface area contributed by atoms with Crippen molar-refractivity contribution in [1.82, 2.24) is 10.2 Å². The van der Waals surface area contributed by atoms with Crippen LogP contribution in [0.25, 0.3) is 0 Å². The third-order valence-corrected chi connectivity index (χ3v) is 3.75. The highest BCUT2D eigenvalue weighted by molar-refractivity contribution is 5.79. The van der Waals surface area contributed by atoms with Gasteiger partial charge in [0.1, 0.15) is 11.6 Å². The van der Waals surface area contributed by atoms with E-state index in [1.54, 1.807) is 14.0 Å². The number of benzene rings is 1. The van der Waals surface area contributed by atoms with Crippen molar-refractivity contribution in [2.24, 2.45) is 5.92 Å². The number of carbonyl (C=O) groups is 1. The molecule has 1 N–H and O–H groups in total. The van der Waals surface area contributed by atoms with Gasteiger partial charge in [0.2, 0.25) is 5.91 Å². The second kappa shape index (κ2) is 5.65. The molecule has 1 aromatic carbocycles. The normalized spacial score (nSPS) is 20.3. The molecule has 1 saturated heterocycles. The molecule has 0 bridgehead atoms. The van der Waals surface area contributed by atoms with E-state index in [9.17, 15) is 13.6 Å². The minimum Gasteiger partial charge on any atom is -0.339 e. The van der Waals surface area contributed by atoms with Gasteiger partial charge in [0, 0.05) is 19.2 Å². The number of halogens is 2. The Morgan fingerprint density at radius 1 is 1.47 bits per heavy atom.